The van der Waals surface area contributed by atoms with Crippen LogP contribution in [-0.4, -0.2) is 20.2 Å². The number of hydrogen-bond donors (Lipinski definition) is 1. The van der Waals surface area contributed by atoms with Crippen molar-refractivity contribution in [1.29, 1.82) is 0 Å². The largest absolute Gasteiger partial charge is 0.495 e. The molecule has 0 radical (unpaired) electrons. The predicted octanol–water partition coefficient (Wildman–Crippen LogP) is 3.47. The summed E-state index contributed by atoms with van der Waals surface area (Å²) in [6.07, 6.45) is 2.23. The Bertz CT molecular complexity index is 376. The molecule has 2 nitrogen and oxygen atoms in total. The van der Waals surface area contributed by atoms with Crippen LogP contribution in [0.15, 0.2) is 12.1 Å². The maximum Gasteiger partial charge on any atom is 0.138 e. The number of ether oxygens (including phenoxy) is 1. The standard InChI is InChI=1S/C12H15Cl2NO/c1-16-10-3-2-9(11(13)12(10)14)8-4-6-15-7-5-8/h2-3,8,15H,4-7H2,1H3. The second kappa shape index (κ2) is 5.26. The first-order valence-corrected chi connectivity index (χ1v) is 6.22. The lowest BCUT2D eigenvalue weighted by molar-refractivity contribution is 0.414. The maximum atomic E-state index is 6.28. The Kier molecular flexibility index (Phi) is 3.95. The quantitative estimate of drug-likeness (QED) is 0.879. The third-order valence-electron chi connectivity index (χ3n) is 3.08. The molecule has 1 saturated heterocycles. The highest BCUT2D eigenvalue weighted by Crippen LogP contribution is 2.39. The molecular formula is C12H15Cl2NO. The molecule has 1 aromatic carbocycles. The van der Waals surface area contributed by atoms with Crippen molar-refractivity contribution in [1.82, 2.24) is 5.32 Å². The van der Waals surface area contributed by atoms with E-state index in [1.807, 2.05) is 12.1 Å². The van der Waals surface area contributed by atoms with Gasteiger partial charge >= 0.3 is 0 Å². The van der Waals surface area contributed by atoms with Gasteiger partial charge in [0, 0.05) is 0 Å². The van der Waals surface area contributed by atoms with E-state index in [4.69, 9.17) is 27.9 Å². The molecule has 0 aliphatic carbocycles. The summed E-state index contributed by atoms with van der Waals surface area (Å²) in [4.78, 5) is 0. The fourth-order valence-corrected chi connectivity index (χ4v) is 2.71. The first-order valence-electron chi connectivity index (χ1n) is 5.46. The average Bonchev–Trinajstić information content (AvgIpc) is 2.34. The molecule has 4 heteroatoms. The molecule has 88 valence electrons. The third-order valence-corrected chi connectivity index (χ3v) is 3.95. The highest BCUT2D eigenvalue weighted by Gasteiger charge is 2.20. The van der Waals surface area contributed by atoms with Crippen LogP contribution >= 0.6 is 23.2 Å². The Morgan fingerprint density at radius 2 is 1.88 bits per heavy atom. The van der Waals surface area contributed by atoms with E-state index >= 15 is 0 Å². The van der Waals surface area contributed by atoms with Gasteiger partial charge in [-0.1, -0.05) is 29.3 Å². The number of nitrogens with one attached hydrogen (secondary N) is 1. The molecule has 0 unspecified atom stereocenters. The van der Waals surface area contributed by atoms with Gasteiger partial charge in [0.25, 0.3) is 0 Å². The van der Waals surface area contributed by atoms with E-state index in [0.717, 1.165) is 31.5 Å². The third kappa shape index (κ3) is 2.29. The van der Waals surface area contributed by atoms with Gasteiger partial charge < -0.3 is 10.1 Å². The summed E-state index contributed by atoms with van der Waals surface area (Å²) in [7, 11) is 1.60. The van der Waals surface area contributed by atoms with Crippen LogP contribution in [0.3, 0.4) is 0 Å². The normalized spacial score (nSPS) is 17.4. The summed E-state index contributed by atoms with van der Waals surface area (Å²) in [6.45, 7) is 2.09. The zero-order valence-electron chi connectivity index (χ0n) is 9.22. The Labute approximate surface area is 106 Å². The van der Waals surface area contributed by atoms with Gasteiger partial charge in [0.15, 0.2) is 0 Å². The molecule has 1 fully saturated rings. The molecule has 1 aliphatic rings. The van der Waals surface area contributed by atoms with Crippen LogP contribution in [0.25, 0.3) is 0 Å². The molecule has 0 spiro atoms. The van der Waals surface area contributed by atoms with Crippen LogP contribution < -0.4 is 10.1 Å². The molecule has 0 bridgehead atoms. The average molecular weight is 260 g/mol. The second-order valence-corrected chi connectivity index (χ2v) is 4.77. The summed E-state index contributed by atoms with van der Waals surface area (Å²) >= 11 is 12.4. The van der Waals surface area contributed by atoms with E-state index in [1.165, 1.54) is 0 Å². The SMILES string of the molecule is COc1ccc(C2CCNCC2)c(Cl)c1Cl. The van der Waals surface area contributed by atoms with E-state index in [-0.39, 0.29) is 0 Å². The fraction of sp³-hybridized carbons (Fsp3) is 0.500. The van der Waals surface area contributed by atoms with Crippen LogP contribution in [0.2, 0.25) is 10.0 Å². The molecule has 1 aromatic rings. The molecule has 0 aromatic heterocycles. The minimum absolute atomic E-state index is 0.511. The van der Waals surface area contributed by atoms with Gasteiger partial charge in [0.1, 0.15) is 10.8 Å². The van der Waals surface area contributed by atoms with E-state index < -0.39 is 0 Å². The Balaban J connectivity index is 2.30. The molecule has 1 heterocycles. The minimum atomic E-state index is 0.511. The Hall–Kier alpha value is -0.440. The fourth-order valence-electron chi connectivity index (χ4n) is 2.15. The van der Waals surface area contributed by atoms with Crippen molar-refractivity contribution in [2.24, 2.45) is 0 Å². The van der Waals surface area contributed by atoms with Gasteiger partial charge in [-0.05, 0) is 43.5 Å². The zero-order chi connectivity index (χ0) is 11.5. The van der Waals surface area contributed by atoms with E-state index in [0.29, 0.717) is 21.7 Å². The van der Waals surface area contributed by atoms with Crippen molar-refractivity contribution in [2.75, 3.05) is 20.2 Å². The van der Waals surface area contributed by atoms with Gasteiger partial charge in [-0.15, -0.1) is 0 Å². The summed E-state index contributed by atoms with van der Waals surface area (Å²) in [5, 5.41) is 4.51. The van der Waals surface area contributed by atoms with Crippen LogP contribution in [-0.2, 0) is 0 Å². The number of rotatable bonds is 2. The smallest absolute Gasteiger partial charge is 0.138 e. The van der Waals surface area contributed by atoms with Gasteiger partial charge in [-0.3, -0.25) is 0 Å². The monoisotopic (exact) mass is 259 g/mol. The van der Waals surface area contributed by atoms with Crippen LogP contribution in [0, 0.1) is 0 Å². The summed E-state index contributed by atoms with van der Waals surface area (Å²) in [5.74, 6) is 1.15. The molecule has 0 atom stereocenters. The van der Waals surface area contributed by atoms with Crippen LogP contribution in [0.4, 0.5) is 0 Å². The van der Waals surface area contributed by atoms with Crippen LogP contribution in [0.5, 0.6) is 5.75 Å². The van der Waals surface area contributed by atoms with Crippen molar-refractivity contribution < 1.29 is 4.74 Å². The lowest BCUT2D eigenvalue weighted by Gasteiger charge is -2.24. The van der Waals surface area contributed by atoms with Crippen molar-refractivity contribution in [3.63, 3.8) is 0 Å². The van der Waals surface area contributed by atoms with Gasteiger partial charge in [0.2, 0.25) is 0 Å². The first-order chi connectivity index (χ1) is 7.74. The maximum absolute atomic E-state index is 6.28. The summed E-state index contributed by atoms with van der Waals surface area (Å²) < 4.78 is 5.14. The summed E-state index contributed by atoms with van der Waals surface area (Å²) in [6, 6.07) is 3.93. The number of benzene rings is 1. The molecule has 2 rings (SSSR count). The van der Waals surface area contributed by atoms with E-state index in [1.54, 1.807) is 7.11 Å². The van der Waals surface area contributed by atoms with Gasteiger partial charge in [-0.2, -0.15) is 0 Å². The minimum Gasteiger partial charge on any atom is -0.495 e. The van der Waals surface area contributed by atoms with Crippen molar-refractivity contribution >= 4 is 23.2 Å². The Morgan fingerprint density at radius 3 is 2.50 bits per heavy atom. The second-order valence-electron chi connectivity index (χ2n) is 4.01. The molecular weight excluding hydrogens is 245 g/mol. The van der Waals surface area contributed by atoms with E-state index in [9.17, 15) is 0 Å². The Morgan fingerprint density at radius 1 is 1.19 bits per heavy atom. The summed E-state index contributed by atoms with van der Waals surface area (Å²) in [5.41, 5.74) is 1.15. The molecule has 16 heavy (non-hydrogen) atoms. The number of halogens is 2. The number of hydrogen-bond acceptors (Lipinski definition) is 2. The molecule has 0 amide bonds. The topological polar surface area (TPSA) is 21.3 Å². The number of methoxy groups -OCH3 is 1. The van der Waals surface area contributed by atoms with Gasteiger partial charge in [-0.25, -0.2) is 0 Å². The first kappa shape index (κ1) is 12.0. The predicted molar refractivity (Wildman–Crippen MR) is 67.9 cm³/mol. The highest BCUT2D eigenvalue weighted by atomic mass is 35.5. The number of piperidine rings is 1. The highest BCUT2D eigenvalue weighted by molar-refractivity contribution is 6.43. The lowest BCUT2D eigenvalue weighted by Crippen LogP contribution is -2.26. The van der Waals surface area contributed by atoms with Crippen LogP contribution in [0.1, 0.15) is 24.3 Å². The zero-order valence-corrected chi connectivity index (χ0v) is 10.7. The van der Waals surface area contributed by atoms with Crippen molar-refractivity contribution in [3.8, 4) is 5.75 Å². The van der Waals surface area contributed by atoms with E-state index in [2.05, 4.69) is 5.32 Å². The molecule has 0 saturated carbocycles. The molecule has 1 N–H and O–H groups in total. The van der Waals surface area contributed by atoms with Gasteiger partial charge in [0.05, 0.1) is 12.1 Å². The van der Waals surface area contributed by atoms with Crippen molar-refractivity contribution in [3.05, 3.63) is 27.7 Å². The molecule has 1 aliphatic heterocycles. The lowest BCUT2D eigenvalue weighted by atomic mass is 9.90. The van der Waals surface area contributed by atoms with Crippen molar-refractivity contribution in [2.45, 2.75) is 18.8 Å².